The summed E-state index contributed by atoms with van der Waals surface area (Å²) in [5.41, 5.74) is -0.158. The van der Waals surface area contributed by atoms with E-state index in [0.29, 0.717) is 6.54 Å². The topological polar surface area (TPSA) is 90.9 Å². The Morgan fingerprint density at radius 3 is 2.16 bits per heavy atom. The normalized spacial score (nSPS) is 12.5. The molecule has 19 heavy (non-hydrogen) atoms. The number of carbonyl (C=O) groups excluding carboxylic acids is 3. The Hall–Kier alpha value is -1.89. The molecule has 0 saturated carbocycles. The van der Waals surface area contributed by atoms with Crippen molar-refractivity contribution in [2.75, 3.05) is 27.9 Å². The van der Waals surface area contributed by atoms with E-state index in [2.05, 4.69) is 19.5 Å². The lowest BCUT2D eigenvalue weighted by atomic mass is 10.1. The third-order valence-electron chi connectivity index (χ3n) is 2.24. The SMILES string of the molecule is CCCNC(C(=O)OC)/C(=C/C(=O)OC)C(=O)OC. The van der Waals surface area contributed by atoms with Gasteiger partial charge in [0, 0.05) is 6.08 Å². The fourth-order valence-corrected chi connectivity index (χ4v) is 1.29. The van der Waals surface area contributed by atoms with Gasteiger partial charge in [-0.15, -0.1) is 0 Å². The van der Waals surface area contributed by atoms with Gasteiger partial charge in [0.15, 0.2) is 0 Å². The number of ether oxygens (including phenoxy) is 3. The molecule has 0 rings (SSSR count). The maximum absolute atomic E-state index is 11.7. The van der Waals surface area contributed by atoms with Gasteiger partial charge in [-0.3, -0.25) is 0 Å². The summed E-state index contributed by atoms with van der Waals surface area (Å²) in [7, 11) is 3.51. The van der Waals surface area contributed by atoms with Crippen LogP contribution in [0.4, 0.5) is 0 Å². The number of rotatable bonds is 7. The Kier molecular flexibility index (Phi) is 8.19. The minimum atomic E-state index is -1.07. The molecule has 0 spiro atoms. The molecule has 0 aliphatic heterocycles. The zero-order valence-electron chi connectivity index (χ0n) is 11.5. The van der Waals surface area contributed by atoms with Gasteiger partial charge in [0.05, 0.1) is 26.9 Å². The van der Waals surface area contributed by atoms with Crippen molar-refractivity contribution in [2.45, 2.75) is 19.4 Å². The van der Waals surface area contributed by atoms with E-state index >= 15 is 0 Å². The summed E-state index contributed by atoms with van der Waals surface area (Å²) in [6, 6.07) is -1.07. The fraction of sp³-hybridized carbons (Fsp3) is 0.583. The zero-order valence-corrected chi connectivity index (χ0v) is 11.5. The number of esters is 3. The van der Waals surface area contributed by atoms with Crippen molar-refractivity contribution in [3.8, 4) is 0 Å². The number of hydrogen-bond acceptors (Lipinski definition) is 7. The molecule has 7 heteroatoms. The van der Waals surface area contributed by atoms with Crippen LogP contribution in [0.25, 0.3) is 0 Å². The summed E-state index contributed by atoms with van der Waals surface area (Å²) in [4.78, 5) is 34.6. The predicted octanol–water partition coefficient (Wildman–Crippen LogP) is -0.200. The van der Waals surface area contributed by atoms with Gasteiger partial charge in [-0.2, -0.15) is 0 Å². The maximum atomic E-state index is 11.7. The average Bonchev–Trinajstić information content (AvgIpc) is 2.44. The molecule has 0 saturated heterocycles. The van der Waals surface area contributed by atoms with Crippen LogP contribution in [-0.2, 0) is 28.6 Å². The van der Waals surface area contributed by atoms with Gasteiger partial charge in [-0.05, 0) is 13.0 Å². The molecule has 7 nitrogen and oxygen atoms in total. The van der Waals surface area contributed by atoms with E-state index in [1.807, 2.05) is 6.92 Å². The van der Waals surface area contributed by atoms with Crippen LogP contribution in [0.3, 0.4) is 0 Å². The lowest BCUT2D eigenvalue weighted by Crippen LogP contribution is -2.42. The van der Waals surface area contributed by atoms with E-state index in [4.69, 9.17) is 0 Å². The van der Waals surface area contributed by atoms with Gasteiger partial charge in [-0.25, -0.2) is 14.4 Å². The lowest BCUT2D eigenvalue weighted by molar-refractivity contribution is -0.145. The molecule has 0 heterocycles. The molecule has 0 aromatic carbocycles. The third-order valence-corrected chi connectivity index (χ3v) is 2.24. The second-order valence-electron chi connectivity index (χ2n) is 3.52. The molecule has 0 aliphatic carbocycles. The molecule has 0 aliphatic rings. The van der Waals surface area contributed by atoms with E-state index < -0.39 is 23.9 Å². The minimum Gasteiger partial charge on any atom is -0.468 e. The maximum Gasteiger partial charge on any atom is 0.336 e. The van der Waals surface area contributed by atoms with Gasteiger partial charge in [-0.1, -0.05) is 6.92 Å². The number of hydrogen-bond donors (Lipinski definition) is 1. The predicted molar refractivity (Wildman–Crippen MR) is 66.2 cm³/mol. The van der Waals surface area contributed by atoms with Crippen molar-refractivity contribution < 1.29 is 28.6 Å². The number of methoxy groups -OCH3 is 3. The fourth-order valence-electron chi connectivity index (χ4n) is 1.29. The van der Waals surface area contributed by atoms with Crippen molar-refractivity contribution in [3.05, 3.63) is 11.6 Å². The van der Waals surface area contributed by atoms with Crippen LogP contribution >= 0.6 is 0 Å². The molecular formula is C12H19NO6. The van der Waals surface area contributed by atoms with Gasteiger partial charge in [0.25, 0.3) is 0 Å². The minimum absolute atomic E-state index is 0.158. The second-order valence-corrected chi connectivity index (χ2v) is 3.52. The quantitative estimate of drug-likeness (QED) is 0.390. The highest BCUT2D eigenvalue weighted by Crippen LogP contribution is 2.08. The molecule has 0 aromatic rings. The van der Waals surface area contributed by atoms with Gasteiger partial charge in [0.1, 0.15) is 6.04 Å². The number of nitrogens with one attached hydrogen (secondary N) is 1. The summed E-state index contributed by atoms with van der Waals surface area (Å²) >= 11 is 0. The first-order chi connectivity index (χ1) is 9.01. The Balaban J connectivity index is 5.34. The first-order valence-corrected chi connectivity index (χ1v) is 5.70. The van der Waals surface area contributed by atoms with E-state index in [0.717, 1.165) is 19.6 Å². The monoisotopic (exact) mass is 273 g/mol. The summed E-state index contributed by atoms with van der Waals surface area (Å²) in [6.45, 7) is 2.36. The molecule has 1 unspecified atom stereocenters. The summed E-state index contributed by atoms with van der Waals surface area (Å²) in [5, 5.41) is 2.81. The van der Waals surface area contributed by atoms with Crippen molar-refractivity contribution in [3.63, 3.8) is 0 Å². The molecule has 108 valence electrons. The standard InChI is InChI=1S/C12H19NO6/c1-5-6-13-10(12(16)19-4)8(11(15)18-3)7-9(14)17-2/h7,10,13H,5-6H2,1-4H3/b8-7-. The molecule has 0 aromatic heterocycles. The Morgan fingerprint density at radius 1 is 1.11 bits per heavy atom. The Morgan fingerprint density at radius 2 is 1.74 bits per heavy atom. The van der Waals surface area contributed by atoms with Crippen LogP contribution in [0.5, 0.6) is 0 Å². The first-order valence-electron chi connectivity index (χ1n) is 5.70. The lowest BCUT2D eigenvalue weighted by Gasteiger charge is -2.17. The summed E-state index contributed by atoms with van der Waals surface area (Å²) in [6.07, 6.45) is 1.65. The third kappa shape index (κ3) is 5.52. The molecule has 0 bridgehead atoms. The van der Waals surface area contributed by atoms with Crippen molar-refractivity contribution in [1.82, 2.24) is 5.32 Å². The molecular weight excluding hydrogens is 254 g/mol. The van der Waals surface area contributed by atoms with Crippen molar-refractivity contribution in [1.29, 1.82) is 0 Å². The summed E-state index contributed by atoms with van der Waals surface area (Å²) < 4.78 is 13.6. The van der Waals surface area contributed by atoms with Crippen LogP contribution in [0.1, 0.15) is 13.3 Å². The molecule has 1 atom stereocenters. The highest BCUT2D eigenvalue weighted by Gasteiger charge is 2.29. The van der Waals surface area contributed by atoms with Crippen LogP contribution < -0.4 is 5.32 Å². The molecule has 1 N–H and O–H groups in total. The van der Waals surface area contributed by atoms with Crippen LogP contribution in [-0.4, -0.2) is 51.8 Å². The van der Waals surface area contributed by atoms with Gasteiger partial charge in [0.2, 0.25) is 0 Å². The first kappa shape index (κ1) is 17.1. The average molecular weight is 273 g/mol. The molecule has 0 fully saturated rings. The molecule has 0 amide bonds. The van der Waals surface area contributed by atoms with E-state index in [-0.39, 0.29) is 5.57 Å². The highest BCUT2D eigenvalue weighted by atomic mass is 16.5. The van der Waals surface area contributed by atoms with Crippen LogP contribution in [0, 0.1) is 0 Å². The van der Waals surface area contributed by atoms with Crippen molar-refractivity contribution >= 4 is 17.9 Å². The van der Waals surface area contributed by atoms with Crippen molar-refractivity contribution in [2.24, 2.45) is 0 Å². The van der Waals surface area contributed by atoms with Crippen LogP contribution in [0.15, 0.2) is 11.6 Å². The van der Waals surface area contributed by atoms with Gasteiger partial charge >= 0.3 is 17.9 Å². The van der Waals surface area contributed by atoms with Gasteiger partial charge < -0.3 is 19.5 Å². The smallest absolute Gasteiger partial charge is 0.336 e. The summed E-state index contributed by atoms with van der Waals surface area (Å²) in [5.74, 6) is -2.24. The second kappa shape index (κ2) is 9.09. The van der Waals surface area contributed by atoms with E-state index in [1.54, 1.807) is 0 Å². The van der Waals surface area contributed by atoms with E-state index in [9.17, 15) is 14.4 Å². The molecule has 0 radical (unpaired) electrons. The largest absolute Gasteiger partial charge is 0.468 e. The van der Waals surface area contributed by atoms with Crippen LogP contribution in [0.2, 0.25) is 0 Å². The Labute approximate surface area is 111 Å². The van der Waals surface area contributed by atoms with E-state index in [1.165, 1.54) is 14.2 Å². The zero-order chi connectivity index (χ0) is 14.8. The highest BCUT2D eigenvalue weighted by molar-refractivity contribution is 6.02. The Bertz CT molecular complexity index is 363. The number of carbonyl (C=O) groups is 3.